The van der Waals surface area contributed by atoms with Crippen LogP contribution < -0.4 is 5.32 Å². The summed E-state index contributed by atoms with van der Waals surface area (Å²) in [5, 5.41) is 7.06. The molecule has 0 fully saturated rings. The monoisotopic (exact) mass is 461 g/mol. The van der Waals surface area contributed by atoms with Crippen LogP contribution in [-0.2, 0) is 10.0 Å². The number of aromatic nitrogens is 3. The molecule has 1 N–H and O–H groups in total. The number of benzene rings is 2. The molecule has 0 saturated heterocycles. The van der Waals surface area contributed by atoms with Gasteiger partial charge in [-0.25, -0.2) is 18.1 Å². The second kappa shape index (κ2) is 9.59. The summed E-state index contributed by atoms with van der Waals surface area (Å²) in [6, 6.07) is 11.5. The van der Waals surface area contributed by atoms with Gasteiger partial charge in [0.15, 0.2) is 0 Å². The maximum atomic E-state index is 12.9. The number of sulfonamides is 1. The number of hydrogen-bond donors (Lipinski definition) is 1. The van der Waals surface area contributed by atoms with Gasteiger partial charge in [-0.15, -0.1) is 0 Å². The van der Waals surface area contributed by atoms with E-state index in [1.165, 1.54) is 28.8 Å². The SMILES string of the molecule is CCN(CC)S(=O)(=O)c1cc(C(=O)N[C@@H](C)c2ccc(-n3cncn3)cc2)ccc1Cl. The molecule has 8 nitrogen and oxygen atoms in total. The number of rotatable bonds is 8. The van der Waals surface area contributed by atoms with Crippen molar-refractivity contribution in [2.75, 3.05) is 13.1 Å². The van der Waals surface area contributed by atoms with Gasteiger partial charge in [0.1, 0.15) is 17.6 Å². The minimum Gasteiger partial charge on any atom is -0.346 e. The van der Waals surface area contributed by atoms with E-state index in [2.05, 4.69) is 15.4 Å². The van der Waals surface area contributed by atoms with E-state index in [9.17, 15) is 13.2 Å². The lowest BCUT2D eigenvalue weighted by Gasteiger charge is -2.20. The fourth-order valence-corrected chi connectivity index (χ4v) is 5.12. The zero-order chi connectivity index (χ0) is 22.6. The van der Waals surface area contributed by atoms with Crippen molar-refractivity contribution in [3.63, 3.8) is 0 Å². The molecule has 3 rings (SSSR count). The third kappa shape index (κ3) is 4.95. The van der Waals surface area contributed by atoms with Gasteiger partial charge in [0.25, 0.3) is 5.91 Å². The molecule has 1 amide bonds. The Kier molecular flexibility index (Phi) is 7.09. The van der Waals surface area contributed by atoms with Crippen LogP contribution in [0, 0.1) is 0 Å². The van der Waals surface area contributed by atoms with Crippen LogP contribution in [0.15, 0.2) is 60.0 Å². The van der Waals surface area contributed by atoms with Gasteiger partial charge in [-0.05, 0) is 42.8 Å². The Morgan fingerprint density at radius 3 is 2.42 bits per heavy atom. The summed E-state index contributed by atoms with van der Waals surface area (Å²) in [6.07, 6.45) is 3.06. The number of halogens is 1. The summed E-state index contributed by atoms with van der Waals surface area (Å²) >= 11 is 6.15. The standard InChI is InChI=1S/C21H24ClN5O3S/c1-4-26(5-2)31(29,30)20-12-17(8-11-19(20)22)21(28)25-15(3)16-6-9-18(10-7-16)27-14-23-13-24-27/h6-15H,4-5H2,1-3H3,(H,25,28)/t15-/m0/s1. The van der Waals surface area contributed by atoms with Gasteiger partial charge in [0.05, 0.1) is 16.8 Å². The van der Waals surface area contributed by atoms with E-state index < -0.39 is 10.0 Å². The van der Waals surface area contributed by atoms with Crippen molar-refractivity contribution in [2.45, 2.75) is 31.7 Å². The Bertz CT molecular complexity index is 1140. The largest absolute Gasteiger partial charge is 0.346 e. The van der Waals surface area contributed by atoms with Crippen molar-refractivity contribution in [2.24, 2.45) is 0 Å². The Morgan fingerprint density at radius 2 is 1.84 bits per heavy atom. The summed E-state index contributed by atoms with van der Waals surface area (Å²) in [5.41, 5.74) is 1.96. The van der Waals surface area contributed by atoms with Crippen LogP contribution in [0.1, 0.15) is 42.7 Å². The molecule has 10 heteroatoms. The zero-order valence-electron chi connectivity index (χ0n) is 17.5. The van der Waals surface area contributed by atoms with E-state index >= 15 is 0 Å². The quantitative estimate of drug-likeness (QED) is 0.554. The van der Waals surface area contributed by atoms with Crippen molar-refractivity contribution in [3.05, 3.63) is 71.3 Å². The summed E-state index contributed by atoms with van der Waals surface area (Å²) < 4.78 is 28.7. The number of carbonyl (C=O) groups excluding carboxylic acids is 1. The van der Waals surface area contributed by atoms with Gasteiger partial charge in [0.2, 0.25) is 10.0 Å². The topological polar surface area (TPSA) is 97.2 Å². The van der Waals surface area contributed by atoms with E-state index in [1.807, 2.05) is 31.2 Å². The van der Waals surface area contributed by atoms with E-state index in [0.717, 1.165) is 11.3 Å². The van der Waals surface area contributed by atoms with Crippen molar-refractivity contribution >= 4 is 27.5 Å². The molecule has 3 aromatic rings. The Hall–Kier alpha value is -2.75. The smallest absolute Gasteiger partial charge is 0.251 e. The highest BCUT2D eigenvalue weighted by atomic mass is 35.5. The van der Waals surface area contributed by atoms with Gasteiger partial charge >= 0.3 is 0 Å². The van der Waals surface area contributed by atoms with E-state index in [-0.39, 0.29) is 27.4 Å². The minimum absolute atomic E-state index is 0.0737. The van der Waals surface area contributed by atoms with Crippen LogP contribution in [0.3, 0.4) is 0 Å². The van der Waals surface area contributed by atoms with E-state index in [4.69, 9.17) is 11.6 Å². The molecule has 2 aromatic carbocycles. The molecule has 0 unspecified atom stereocenters. The van der Waals surface area contributed by atoms with Crippen LogP contribution in [0.2, 0.25) is 5.02 Å². The maximum Gasteiger partial charge on any atom is 0.251 e. The summed E-state index contributed by atoms with van der Waals surface area (Å²) in [4.78, 5) is 16.6. The molecule has 0 aliphatic carbocycles. The first kappa shape index (κ1) is 22.9. The van der Waals surface area contributed by atoms with Crippen LogP contribution in [0.5, 0.6) is 0 Å². The number of nitrogens with zero attached hydrogens (tertiary/aromatic N) is 4. The molecule has 0 aliphatic heterocycles. The molecule has 0 spiro atoms. The van der Waals surface area contributed by atoms with Crippen molar-refractivity contribution in [3.8, 4) is 5.69 Å². The van der Waals surface area contributed by atoms with Gasteiger partial charge in [-0.3, -0.25) is 4.79 Å². The Balaban J connectivity index is 1.79. The highest BCUT2D eigenvalue weighted by molar-refractivity contribution is 7.89. The number of carbonyl (C=O) groups is 1. The van der Waals surface area contributed by atoms with Crippen LogP contribution in [-0.4, -0.2) is 46.5 Å². The predicted molar refractivity (Wildman–Crippen MR) is 119 cm³/mol. The van der Waals surface area contributed by atoms with E-state index in [0.29, 0.717) is 13.1 Å². The van der Waals surface area contributed by atoms with Gasteiger partial charge in [0, 0.05) is 18.7 Å². The molecule has 0 bridgehead atoms. The summed E-state index contributed by atoms with van der Waals surface area (Å²) in [7, 11) is -3.79. The van der Waals surface area contributed by atoms with Crippen molar-refractivity contribution < 1.29 is 13.2 Å². The number of amides is 1. The van der Waals surface area contributed by atoms with Crippen LogP contribution >= 0.6 is 11.6 Å². The lowest BCUT2D eigenvalue weighted by atomic mass is 10.1. The van der Waals surface area contributed by atoms with Crippen molar-refractivity contribution in [1.29, 1.82) is 0 Å². The minimum atomic E-state index is -3.79. The average Bonchev–Trinajstić information content (AvgIpc) is 3.29. The number of hydrogen-bond acceptors (Lipinski definition) is 5. The fraction of sp³-hybridized carbons (Fsp3) is 0.286. The molecule has 164 valence electrons. The summed E-state index contributed by atoms with van der Waals surface area (Å²) in [6.45, 7) is 5.98. The van der Waals surface area contributed by atoms with Crippen molar-refractivity contribution in [1.82, 2.24) is 24.4 Å². The molecule has 0 saturated carbocycles. The highest BCUT2D eigenvalue weighted by Crippen LogP contribution is 2.26. The predicted octanol–water partition coefficient (Wildman–Crippen LogP) is 3.44. The van der Waals surface area contributed by atoms with Crippen LogP contribution in [0.25, 0.3) is 5.69 Å². The second-order valence-electron chi connectivity index (χ2n) is 6.86. The normalized spacial score (nSPS) is 12.7. The molecule has 31 heavy (non-hydrogen) atoms. The highest BCUT2D eigenvalue weighted by Gasteiger charge is 2.26. The lowest BCUT2D eigenvalue weighted by molar-refractivity contribution is 0.0939. The molecule has 1 atom stereocenters. The van der Waals surface area contributed by atoms with Gasteiger partial charge < -0.3 is 5.32 Å². The Morgan fingerprint density at radius 1 is 1.16 bits per heavy atom. The molecule has 1 aromatic heterocycles. The molecular weight excluding hydrogens is 438 g/mol. The molecule has 0 radical (unpaired) electrons. The third-order valence-corrected chi connectivity index (χ3v) is 7.47. The Labute approximate surface area is 186 Å². The molecule has 1 heterocycles. The zero-order valence-corrected chi connectivity index (χ0v) is 19.1. The summed E-state index contributed by atoms with van der Waals surface area (Å²) in [5.74, 6) is -0.388. The van der Waals surface area contributed by atoms with Gasteiger partial charge in [-0.1, -0.05) is 37.6 Å². The molecular formula is C21H24ClN5O3S. The average molecular weight is 462 g/mol. The first-order valence-electron chi connectivity index (χ1n) is 9.83. The first-order valence-corrected chi connectivity index (χ1v) is 11.6. The maximum absolute atomic E-state index is 12.9. The second-order valence-corrected chi connectivity index (χ2v) is 9.17. The first-order chi connectivity index (χ1) is 14.8. The van der Waals surface area contributed by atoms with E-state index in [1.54, 1.807) is 24.9 Å². The van der Waals surface area contributed by atoms with Gasteiger partial charge in [-0.2, -0.15) is 9.40 Å². The third-order valence-electron chi connectivity index (χ3n) is 4.94. The lowest BCUT2D eigenvalue weighted by Crippen LogP contribution is -2.31. The fourth-order valence-electron chi connectivity index (χ4n) is 3.17. The number of nitrogens with one attached hydrogen (secondary N) is 1. The van der Waals surface area contributed by atoms with Crippen LogP contribution in [0.4, 0.5) is 0 Å². The molecule has 0 aliphatic rings.